The molecule has 0 amide bonds. The molecule has 86 valence electrons. The van der Waals surface area contributed by atoms with Crippen LogP contribution in [-0.4, -0.2) is 42.3 Å². The van der Waals surface area contributed by atoms with Crippen LogP contribution in [0.5, 0.6) is 0 Å². The smallest absolute Gasteiger partial charge is 0.376 e. The van der Waals surface area contributed by atoms with Gasteiger partial charge in [-0.2, -0.15) is 0 Å². The van der Waals surface area contributed by atoms with Gasteiger partial charge in [0, 0.05) is 21.3 Å². The van der Waals surface area contributed by atoms with E-state index in [9.17, 15) is 0 Å². The van der Waals surface area contributed by atoms with Crippen LogP contribution in [0.2, 0.25) is 0 Å². The van der Waals surface area contributed by atoms with Crippen LogP contribution in [0.1, 0.15) is 20.8 Å². The molecule has 0 aromatic rings. The van der Waals surface area contributed by atoms with Crippen molar-refractivity contribution in [2.24, 2.45) is 5.92 Å². The maximum atomic E-state index is 5.44. The van der Waals surface area contributed by atoms with Gasteiger partial charge in [0.25, 0.3) is 0 Å². The SMILES string of the molecule is CCN[C@H](C(C)C)[Si](OC)(OC)OC. The fraction of sp³-hybridized carbons (Fsp3) is 1.00. The van der Waals surface area contributed by atoms with Crippen molar-refractivity contribution in [3.8, 4) is 0 Å². The van der Waals surface area contributed by atoms with E-state index in [2.05, 4.69) is 26.1 Å². The Balaban J connectivity index is 4.70. The summed E-state index contributed by atoms with van der Waals surface area (Å²) in [5, 5.41) is 3.36. The van der Waals surface area contributed by atoms with Gasteiger partial charge in [-0.15, -0.1) is 0 Å². The topological polar surface area (TPSA) is 39.7 Å². The molecule has 0 aromatic heterocycles. The second kappa shape index (κ2) is 6.52. The van der Waals surface area contributed by atoms with Crippen molar-refractivity contribution in [1.82, 2.24) is 5.32 Å². The van der Waals surface area contributed by atoms with Gasteiger partial charge >= 0.3 is 8.80 Å². The molecule has 0 fully saturated rings. The van der Waals surface area contributed by atoms with Gasteiger partial charge in [-0.3, -0.25) is 0 Å². The van der Waals surface area contributed by atoms with Crippen LogP contribution in [0.25, 0.3) is 0 Å². The predicted molar refractivity (Wildman–Crippen MR) is 59.1 cm³/mol. The van der Waals surface area contributed by atoms with E-state index in [1.165, 1.54) is 0 Å². The lowest BCUT2D eigenvalue weighted by Gasteiger charge is -2.35. The van der Waals surface area contributed by atoms with Gasteiger partial charge in [0.2, 0.25) is 0 Å². The molecule has 0 bridgehead atoms. The van der Waals surface area contributed by atoms with Gasteiger partial charge in [0.05, 0.1) is 5.67 Å². The molecule has 0 aliphatic carbocycles. The Labute approximate surface area is 88.3 Å². The summed E-state index contributed by atoms with van der Waals surface area (Å²) in [7, 11) is 2.39. The van der Waals surface area contributed by atoms with Crippen LogP contribution < -0.4 is 5.32 Å². The highest BCUT2D eigenvalue weighted by atomic mass is 28.4. The molecule has 0 aliphatic rings. The summed E-state index contributed by atoms with van der Waals surface area (Å²) < 4.78 is 16.3. The van der Waals surface area contributed by atoms with Crippen molar-refractivity contribution in [2.75, 3.05) is 27.9 Å². The Morgan fingerprint density at radius 1 is 1.07 bits per heavy atom. The van der Waals surface area contributed by atoms with Crippen LogP contribution >= 0.6 is 0 Å². The monoisotopic (exact) mass is 221 g/mol. The van der Waals surface area contributed by atoms with Crippen LogP contribution in [-0.2, 0) is 13.3 Å². The molecule has 14 heavy (non-hydrogen) atoms. The molecular weight excluding hydrogens is 198 g/mol. The molecule has 4 nitrogen and oxygen atoms in total. The highest BCUT2D eigenvalue weighted by molar-refractivity contribution is 6.62. The highest BCUT2D eigenvalue weighted by Crippen LogP contribution is 2.18. The van der Waals surface area contributed by atoms with Gasteiger partial charge < -0.3 is 18.6 Å². The third-order valence-electron chi connectivity index (χ3n) is 2.33. The second-order valence-corrected chi connectivity index (χ2v) is 6.55. The standard InChI is InChI=1S/C9H23NO3Si/c1-7-10-9(8(2)3)14(11-4,12-5)13-6/h8-10H,7H2,1-6H3/t9-/m0/s1. The molecule has 0 aliphatic heterocycles. The summed E-state index contributed by atoms with van der Waals surface area (Å²) in [6.07, 6.45) is 0. The van der Waals surface area contributed by atoms with Gasteiger partial charge in [-0.1, -0.05) is 20.8 Å². The fourth-order valence-corrected chi connectivity index (χ4v) is 4.15. The van der Waals surface area contributed by atoms with E-state index in [0.29, 0.717) is 5.92 Å². The molecule has 0 saturated carbocycles. The average molecular weight is 221 g/mol. The van der Waals surface area contributed by atoms with Crippen molar-refractivity contribution in [1.29, 1.82) is 0 Å². The Hall–Kier alpha value is 0.0569. The molecule has 0 saturated heterocycles. The minimum atomic E-state index is -2.54. The first-order valence-electron chi connectivity index (χ1n) is 4.96. The Kier molecular flexibility index (Phi) is 6.55. The summed E-state index contributed by atoms with van der Waals surface area (Å²) in [6.45, 7) is 7.21. The van der Waals surface area contributed by atoms with Crippen molar-refractivity contribution >= 4 is 8.80 Å². The van der Waals surface area contributed by atoms with E-state index >= 15 is 0 Å². The summed E-state index contributed by atoms with van der Waals surface area (Å²) in [5.41, 5.74) is 0.146. The average Bonchev–Trinajstić information content (AvgIpc) is 2.19. The van der Waals surface area contributed by atoms with Crippen LogP contribution in [0.3, 0.4) is 0 Å². The van der Waals surface area contributed by atoms with Crippen LogP contribution in [0.15, 0.2) is 0 Å². The molecule has 0 heterocycles. The van der Waals surface area contributed by atoms with Crippen molar-refractivity contribution in [3.63, 3.8) is 0 Å². The van der Waals surface area contributed by atoms with Crippen LogP contribution in [0.4, 0.5) is 0 Å². The minimum Gasteiger partial charge on any atom is -0.376 e. The number of rotatable bonds is 7. The van der Waals surface area contributed by atoms with Crippen LogP contribution in [0, 0.1) is 5.92 Å². The Morgan fingerprint density at radius 3 is 1.71 bits per heavy atom. The molecule has 0 radical (unpaired) electrons. The molecule has 0 spiro atoms. The first-order chi connectivity index (χ1) is 6.57. The number of nitrogens with one attached hydrogen (secondary N) is 1. The second-order valence-electron chi connectivity index (χ2n) is 3.50. The lowest BCUT2D eigenvalue weighted by molar-refractivity contribution is 0.0994. The first kappa shape index (κ1) is 14.1. The maximum absolute atomic E-state index is 5.44. The number of hydrogen-bond acceptors (Lipinski definition) is 4. The van der Waals surface area contributed by atoms with Crippen molar-refractivity contribution in [2.45, 2.75) is 26.4 Å². The first-order valence-corrected chi connectivity index (χ1v) is 6.77. The quantitative estimate of drug-likeness (QED) is 0.652. The van der Waals surface area contributed by atoms with Crippen molar-refractivity contribution in [3.05, 3.63) is 0 Å². The van der Waals surface area contributed by atoms with Gasteiger partial charge in [0.1, 0.15) is 0 Å². The third-order valence-corrected chi connectivity index (χ3v) is 5.66. The highest BCUT2D eigenvalue weighted by Gasteiger charge is 2.48. The van der Waals surface area contributed by atoms with Gasteiger partial charge in [-0.25, -0.2) is 0 Å². The Morgan fingerprint density at radius 2 is 1.50 bits per heavy atom. The molecule has 1 N–H and O–H groups in total. The van der Waals surface area contributed by atoms with Gasteiger partial charge in [0.15, 0.2) is 0 Å². The molecule has 0 unspecified atom stereocenters. The summed E-state index contributed by atoms with van der Waals surface area (Å²) in [6, 6.07) is 0. The molecule has 0 aromatic carbocycles. The third kappa shape index (κ3) is 3.03. The van der Waals surface area contributed by atoms with E-state index in [-0.39, 0.29) is 5.67 Å². The predicted octanol–water partition coefficient (Wildman–Crippen LogP) is 1.04. The lowest BCUT2D eigenvalue weighted by atomic mass is 10.2. The van der Waals surface area contributed by atoms with Gasteiger partial charge in [-0.05, 0) is 12.5 Å². The maximum Gasteiger partial charge on any atom is 0.518 e. The molecule has 1 atom stereocenters. The minimum absolute atomic E-state index is 0.146. The normalized spacial score (nSPS) is 14.8. The number of hydrogen-bond donors (Lipinski definition) is 1. The molecule has 0 rings (SSSR count). The summed E-state index contributed by atoms with van der Waals surface area (Å²) in [5.74, 6) is 0.418. The molecular formula is C9H23NO3Si. The summed E-state index contributed by atoms with van der Waals surface area (Å²) in [4.78, 5) is 0. The van der Waals surface area contributed by atoms with Crippen molar-refractivity contribution < 1.29 is 13.3 Å². The summed E-state index contributed by atoms with van der Waals surface area (Å²) >= 11 is 0. The van der Waals surface area contributed by atoms with E-state index in [1.807, 2.05) is 0 Å². The van der Waals surface area contributed by atoms with E-state index in [4.69, 9.17) is 13.3 Å². The van der Waals surface area contributed by atoms with E-state index in [0.717, 1.165) is 6.54 Å². The molecule has 5 heteroatoms. The van der Waals surface area contributed by atoms with E-state index in [1.54, 1.807) is 21.3 Å². The zero-order valence-electron chi connectivity index (χ0n) is 10.1. The largest absolute Gasteiger partial charge is 0.518 e. The zero-order valence-corrected chi connectivity index (χ0v) is 11.1. The fourth-order valence-electron chi connectivity index (χ4n) is 1.62. The Bertz CT molecular complexity index is 143. The zero-order chi connectivity index (χ0) is 11.2. The van der Waals surface area contributed by atoms with E-state index < -0.39 is 8.80 Å². The lowest BCUT2D eigenvalue weighted by Crippen LogP contribution is -2.62.